The van der Waals surface area contributed by atoms with Crippen molar-refractivity contribution < 1.29 is 32.7 Å². The number of aromatic nitrogens is 1. The highest BCUT2D eigenvalue weighted by Gasteiger charge is 2.49. The highest BCUT2D eigenvalue weighted by molar-refractivity contribution is 6.00. The molecule has 0 aliphatic carbocycles. The normalized spacial score (nSPS) is 17.7. The quantitative estimate of drug-likeness (QED) is 0.759. The first-order valence-corrected chi connectivity index (χ1v) is 10.0. The summed E-state index contributed by atoms with van der Waals surface area (Å²) in [6.07, 6.45) is 0.528. The fraction of sp³-hybridized carbons (Fsp3) is 0.364. The molecule has 1 aromatic carbocycles. The fourth-order valence-electron chi connectivity index (χ4n) is 3.95. The Kier molecular flexibility index (Phi) is 6.81. The number of hydrogen-bond donors (Lipinski definition) is 1. The first kappa shape index (κ1) is 23.2. The van der Waals surface area contributed by atoms with Crippen molar-refractivity contribution in [2.45, 2.75) is 25.4 Å². The van der Waals surface area contributed by atoms with E-state index in [1.54, 1.807) is 24.5 Å². The van der Waals surface area contributed by atoms with Crippen molar-refractivity contribution in [3.63, 3.8) is 0 Å². The topological polar surface area (TPSA) is 90.8 Å². The number of pyridine rings is 1. The SMILES string of the molecule is O=C(O)C(F)(F)F.O=C(c1cccnc1)N1CCC2(CC1)CCN(c1ccccc1)C2=O. The number of piperidine rings is 1. The minimum atomic E-state index is -5.08. The minimum Gasteiger partial charge on any atom is -0.475 e. The average Bonchev–Trinajstić information content (AvgIpc) is 3.10. The van der Waals surface area contributed by atoms with Crippen LogP contribution < -0.4 is 4.90 Å². The van der Waals surface area contributed by atoms with Crippen LogP contribution in [0.15, 0.2) is 54.9 Å². The molecule has 1 N–H and O–H groups in total. The number of nitrogens with zero attached hydrogens (tertiary/aromatic N) is 3. The van der Waals surface area contributed by atoms with E-state index in [-0.39, 0.29) is 17.2 Å². The van der Waals surface area contributed by atoms with E-state index in [4.69, 9.17) is 9.90 Å². The van der Waals surface area contributed by atoms with Gasteiger partial charge in [0.1, 0.15) is 0 Å². The fourth-order valence-corrected chi connectivity index (χ4v) is 3.95. The van der Waals surface area contributed by atoms with Crippen LogP contribution >= 0.6 is 0 Å². The maximum Gasteiger partial charge on any atom is 0.490 e. The number of alkyl halides is 3. The Hall–Kier alpha value is -3.43. The first-order chi connectivity index (χ1) is 15.1. The van der Waals surface area contributed by atoms with E-state index in [1.165, 1.54) is 0 Å². The van der Waals surface area contributed by atoms with E-state index in [0.717, 1.165) is 31.5 Å². The predicted molar refractivity (Wildman–Crippen MR) is 109 cm³/mol. The number of amides is 2. The molecule has 10 heteroatoms. The molecule has 2 fully saturated rings. The maximum absolute atomic E-state index is 13.0. The summed E-state index contributed by atoms with van der Waals surface area (Å²) in [5.74, 6) is -2.53. The summed E-state index contributed by atoms with van der Waals surface area (Å²) >= 11 is 0. The second-order valence-corrected chi connectivity index (χ2v) is 7.66. The molecule has 0 saturated carbocycles. The lowest BCUT2D eigenvalue weighted by atomic mass is 9.77. The number of carbonyl (C=O) groups is 3. The van der Waals surface area contributed by atoms with E-state index in [2.05, 4.69) is 4.98 Å². The van der Waals surface area contributed by atoms with Gasteiger partial charge in [-0.25, -0.2) is 4.79 Å². The molecule has 2 aromatic rings. The van der Waals surface area contributed by atoms with Gasteiger partial charge in [-0.05, 0) is 43.5 Å². The number of para-hydroxylation sites is 1. The van der Waals surface area contributed by atoms with Crippen molar-refractivity contribution in [1.82, 2.24) is 9.88 Å². The zero-order valence-corrected chi connectivity index (χ0v) is 17.1. The van der Waals surface area contributed by atoms with Crippen LogP contribution in [0.25, 0.3) is 0 Å². The Labute approximate surface area is 182 Å². The van der Waals surface area contributed by atoms with Gasteiger partial charge in [-0.1, -0.05) is 18.2 Å². The van der Waals surface area contributed by atoms with Crippen LogP contribution in [0, 0.1) is 5.41 Å². The molecule has 32 heavy (non-hydrogen) atoms. The van der Waals surface area contributed by atoms with Crippen LogP contribution in [-0.2, 0) is 9.59 Å². The Balaban J connectivity index is 0.000000360. The molecule has 2 saturated heterocycles. The van der Waals surface area contributed by atoms with Crippen molar-refractivity contribution in [3.8, 4) is 0 Å². The Bertz CT molecular complexity index is 959. The van der Waals surface area contributed by atoms with E-state index in [1.807, 2.05) is 40.1 Å². The number of likely N-dealkylation sites (tertiary alicyclic amines) is 1. The third-order valence-corrected chi connectivity index (χ3v) is 5.74. The number of anilines is 1. The molecule has 2 aliphatic heterocycles. The summed E-state index contributed by atoms with van der Waals surface area (Å²) in [5, 5.41) is 7.12. The third-order valence-electron chi connectivity index (χ3n) is 5.74. The first-order valence-electron chi connectivity index (χ1n) is 10.0. The van der Waals surface area contributed by atoms with Gasteiger partial charge in [0.2, 0.25) is 5.91 Å². The van der Waals surface area contributed by atoms with Gasteiger partial charge in [0.25, 0.3) is 5.91 Å². The predicted octanol–water partition coefficient (Wildman–Crippen LogP) is 3.37. The van der Waals surface area contributed by atoms with E-state index >= 15 is 0 Å². The summed E-state index contributed by atoms with van der Waals surface area (Å²) in [5.41, 5.74) is 1.28. The Morgan fingerprint density at radius 3 is 2.09 bits per heavy atom. The molecule has 1 aromatic heterocycles. The van der Waals surface area contributed by atoms with Crippen molar-refractivity contribution in [3.05, 3.63) is 60.4 Å². The molecule has 0 atom stereocenters. The second-order valence-electron chi connectivity index (χ2n) is 7.66. The van der Waals surface area contributed by atoms with E-state index < -0.39 is 12.1 Å². The summed E-state index contributed by atoms with van der Waals surface area (Å²) < 4.78 is 31.7. The smallest absolute Gasteiger partial charge is 0.475 e. The van der Waals surface area contributed by atoms with Gasteiger partial charge in [-0.3, -0.25) is 14.6 Å². The largest absolute Gasteiger partial charge is 0.490 e. The van der Waals surface area contributed by atoms with Gasteiger partial charge in [-0.15, -0.1) is 0 Å². The number of carbonyl (C=O) groups excluding carboxylic acids is 2. The van der Waals surface area contributed by atoms with Crippen LogP contribution in [0.1, 0.15) is 29.6 Å². The molecule has 3 heterocycles. The Morgan fingerprint density at radius 2 is 1.56 bits per heavy atom. The van der Waals surface area contributed by atoms with Gasteiger partial charge < -0.3 is 14.9 Å². The van der Waals surface area contributed by atoms with Crippen LogP contribution in [0.5, 0.6) is 0 Å². The molecule has 2 aliphatic rings. The van der Waals surface area contributed by atoms with Crippen molar-refractivity contribution in [2.75, 3.05) is 24.5 Å². The summed E-state index contributed by atoms with van der Waals surface area (Å²) in [4.78, 5) is 42.3. The lowest BCUT2D eigenvalue weighted by Crippen LogP contribution is -2.46. The van der Waals surface area contributed by atoms with Crippen molar-refractivity contribution >= 4 is 23.5 Å². The number of halogens is 3. The number of carboxylic acids is 1. The van der Waals surface area contributed by atoms with E-state index in [9.17, 15) is 22.8 Å². The van der Waals surface area contributed by atoms with Crippen LogP contribution in [0.3, 0.4) is 0 Å². The Morgan fingerprint density at radius 1 is 0.969 bits per heavy atom. The van der Waals surface area contributed by atoms with E-state index in [0.29, 0.717) is 18.7 Å². The molecule has 0 unspecified atom stereocenters. The monoisotopic (exact) mass is 449 g/mol. The van der Waals surface area contributed by atoms with Crippen LogP contribution in [-0.4, -0.2) is 58.6 Å². The number of hydrogen-bond acceptors (Lipinski definition) is 4. The molecule has 4 rings (SSSR count). The molecule has 0 radical (unpaired) electrons. The summed E-state index contributed by atoms with van der Waals surface area (Å²) in [6.45, 7) is 2.02. The number of carboxylic acid groups (broad SMARTS) is 1. The van der Waals surface area contributed by atoms with Gasteiger partial charge in [-0.2, -0.15) is 13.2 Å². The van der Waals surface area contributed by atoms with Gasteiger partial charge >= 0.3 is 12.1 Å². The summed E-state index contributed by atoms with van der Waals surface area (Å²) in [6, 6.07) is 13.4. The standard InChI is InChI=1S/C20H21N3O2.C2HF3O2/c24-18(16-5-4-11-21-15-16)22-12-8-20(9-13-22)10-14-23(19(20)25)17-6-2-1-3-7-17;3-2(4,5)1(6)7/h1-7,11,15H,8-10,12-14H2;(H,6,7). The van der Waals surface area contributed by atoms with Crippen LogP contribution in [0.2, 0.25) is 0 Å². The molecule has 2 amide bonds. The molecular weight excluding hydrogens is 427 g/mol. The minimum absolute atomic E-state index is 0.00770. The molecule has 0 bridgehead atoms. The number of rotatable bonds is 2. The lowest BCUT2D eigenvalue weighted by Gasteiger charge is -2.38. The van der Waals surface area contributed by atoms with Gasteiger partial charge in [0.15, 0.2) is 0 Å². The molecule has 7 nitrogen and oxygen atoms in total. The number of aliphatic carboxylic acids is 1. The van der Waals surface area contributed by atoms with Crippen LogP contribution in [0.4, 0.5) is 18.9 Å². The van der Waals surface area contributed by atoms with Gasteiger partial charge in [0.05, 0.1) is 11.0 Å². The maximum atomic E-state index is 13.0. The highest BCUT2D eigenvalue weighted by atomic mass is 19.4. The molecule has 170 valence electrons. The van der Waals surface area contributed by atoms with Crippen molar-refractivity contribution in [1.29, 1.82) is 0 Å². The van der Waals surface area contributed by atoms with Crippen molar-refractivity contribution in [2.24, 2.45) is 5.41 Å². The third kappa shape index (κ3) is 5.06. The zero-order valence-electron chi connectivity index (χ0n) is 17.1. The molecular formula is C22H22F3N3O4. The number of benzene rings is 1. The van der Waals surface area contributed by atoms with Gasteiger partial charge in [0, 0.05) is 37.7 Å². The average molecular weight is 449 g/mol. The lowest BCUT2D eigenvalue weighted by molar-refractivity contribution is -0.192. The highest BCUT2D eigenvalue weighted by Crippen LogP contribution is 2.43. The summed E-state index contributed by atoms with van der Waals surface area (Å²) in [7, 11) is 0. The molecule has 1 spiro atoms. The zero-order chi connectivity index (χ0) is 23.4. The second kappa shape index (κ2) is 9.37.